The molecule has 0 bridgehead atoms. The van der Waals surface area contributed by atoms with Crippen LogP contribution in [0.3, 0.4) is 0 Å². The molecule has 0 spiro atoms. The minimum absolute atomic E-state index is 0.336. The van der Waals surface area contributed by atoms with E-state index in [2.05, 4.69) is 23.3 Å². The molecule has 0 aliphatic carbocycles. The third kappa shape index (κ3) is 2.73. The largest absolute Gasteiger partial charge is 0.354 e. The molecule has 3 rings (SSSR count). The van der Waals surface area contributed by atoms with Gasteiger partial charge >= 0.3 is 5.69 Å². The van der Waals surface area contributed by atoms with Crippen LogP contribution in [0.5, 0.6) is 0 Å². The van der Waals surface area contributed by atoms with Crippen molar-refractivity contribution in [1.82, 2.24) is 14.1 Å². The van der Waals surface area contributed by atoms with E-state index in [9.17, 15) is 9.59 Å². The van der Waals surface area contributed by atoms with Gasteiger partial charge in [0.1, 0.15) is 5.39 Å². The van der Waals surface area contributed by atoms with E-state index in [1.807, 2.05) is 25.1 Å². The van der Waals surface area contributed by atoms with E-state index in [1.165, 1.54) is 11.6 Å². The Kier molecular flexibility index (Phi) is 4.44. The van der Waals surface area contributed by atoms with Gasteiger partial charge in [0.05, 0.1) is 5.69 Å². The second-order valence-corrected chi connectivity index (χ2v) is 6.05. The summed E-state index contributed by atoms with van der Waals surface area (Å²) in [5.41, 5.74) is 3.46. The third-order valence-electron chi connectivity index (χ3n) is 4.59. The van der Waals surface area contributed by atoms with E-state index in [4.69, 9.17) is 0 Å². The minimum Gasteiger partial charge on any atom is -0.354 e. The topological polar surface area (TPSA) is 68.9 Å². The molecule has 0 saturated carbocycles. The fourth-order valence-corrected chi connectivity index (χ4v) is 3.06. The van der Waals surface area contributed by atoms with Crippen molar-refractivity contribution in [2.24, 2.45) is 14.1 Å². The van der Waals surface area contributed by atoms with Gasteiger partial charge in [0.15, 0.2) is 5.65 Å². The number of para-hydroxylation sites is 1. The maximum atomic E-state index is 12.8. The van der Waals surface area contributed by atoms with E-state index in [-0.39, 0.29) is 11.2 Å². The van der Waals surface area contributed by atoms with E-state index < -0.39 is 0 Å². The van der Waals surface area contributed by atoms with Crippen LogP contribution in [0, 0.1) is 0 Å². The maximum Gasteiger partial charge on any atom is 0.332 e. The Bertz CT molecular complexity index is 1060. The molecule has 0 aliphatic heterocycles. The van der Waals surface area contributed by atoms with Gasteiger partial charge in [-0.1, -0.05) is 32.0 Å². The number of hydrogen-bond acceptors (Lipinski definition) is 4. The summed E-state index contributed by atoms with van der Waals surface area (Å²) in [6, 6.07) is 8.02. The van der Waals surface area contributed by atoms with Gasteiger partial charge < -0.3 is 5.32 Å². The number of benzene rings is 1. The predicted molar refractivity (Wildman–Crippen MR) is 101 cm³/mol. The number of nitrogens with one attached hydrogen (secondary N) is 1. The lowest BCUT2D eigenvalue weighted by Gasteiger charge is -2.17. The smallest absolute Gasteiger partial charge is 0.332 e. The zero-order valence-corrected chi connectivity index (χ0v) is 15.0. The van der Waals surface area contributed by atoms with Crippen molar-refractivity contribution in [1.29, 1.82) is 0 Å². The number of aryl methyl sites for hydroxylation is 3. The fraction of sp³-hybridized carbons (Fsp3) is 0.316. The van der Waals surface area contributed by atoms with E-state index in [0.29, 0.717) is 11.0 Å². The molecule has 1 aromatic carbocycles. The van der Waals surface area contributed by atoms with Gasteiger partial charge in [-0.2, -0.15) is 0 Å². The first-order valence-electron chi connectivity index (χ1n) is 8.42. The zero-order chi connectivity index (χ0) is 18.1. The number of pyridine rings is 1. The molecule has 0 saturated heterocycles. The van der Waals surface area contributed by atoms with Crippen molar-refractivity contribution in [3.05, 3.63) is 62.4 Å². The molecular weight excluding hydrogens is 316 g/mol. The predicted octanol–water partition coefficient (Wildman–Crippen LogP) is 2.50. The van der Waals surface area contributed by atoms with Crippen molar-refractivity contribution < 1.29 is 0 Å². The number of rotatable bonds is 4. The highest BCUT2D eigenvalue weighted by Crippen LogP contribution is 2.28. The molecule has 0 radical (unpaired) electrons. The summed E-state index contributed by atoms with van der Waals surface area (Å²) in [5, 5.41) is 3.87. The van der Waals surface area contributed by atoms with Gasteiger partial charge in [-0.3, -0.25) is 13.9 Å². The number of hydrogen-bond donors (Lipinski definition) is 1. The highest BCUT2D eigenvalue weighted by molar-refractivity contribution is 5.92. The summed E-state index contributed by atoms with van der Waals surface area (Å²) < 4.78 is 2.54. The molecule has 0 amide bonds. The Labute approximate surface area is 145 Å². The molecule has 1 N–H and O–H groups in total. The SMILES string of the molecule is CCc1ccccc1Nc1c(CC)cnc2c1c(=O)n(C)c(=O)n2C. The number of fused-ring (bicyclic) bond motifs is 1. The number of nitrogens with zero attached hydrogens (tertiary/aromatic N) is 3. The van der Waals surface area contributed by atoms with Crippen LogP contribution >= 0.6 is 0 Å². The fourth-order valence-electron chi connectivity index (χ4n) is 3.06. The molecule has 0 unspecified atom stereocenters. The molecule has 130 valence electrons. The van der Waals surface area contributed by atoms with Gasteiger partial charge in [-0.25, -0.2) is 9.78 Å². The Morgan fingerprint density at radius 1 is 1.00 bits per heavy atom. The van der Waals surface area contributed by atoms with Crippen LogP contribution in [0.2, 0.25) is 0 Å². The highest BCUT2D eigenvalue weighted by Gasteiger charge is 2.17. The molecule has 6 heteroatoms. The van der Waals surface area contributed by atoms with Crippen LogP contribution in [-0.2, 0) is 26.9 Å². The summed E-state index contributed by atoms with van der Waals surface area (Å²) >= 11 is 0. The van der Waals surface area contributed by atoms with Crippen LogP contribution in [0.1, 0.15) is 25.0 Å². The number of aromatic nitrogens is 3. The van der Waals surface area contributed by atoms with Crippen LogP contribution < -0.4 is 16.6 Å². The minimum atomic E-state index is -0.380. The Balaban J connectivity index is 2.37. The normalized spacial score (nSPS) is 11.0. The van der Waals surface area contributed by atoms with Crippen LogP contribution in [0.4, 0.5) is 11.4 Å². The average Bonchev–Trinajstić information content (AvgIpc) is 2.64. The Morgan fingerprint density at radius 2 is 1.68 bits per heavy atom. The molecule has 6 nitrogen and oxygen atoms in total. The first-order valence-corrected chi connectivity index (χ1v) is 8.42. The molecule has 0 aliphatic rings. The lowest BCUT2D eigenvalue weighted by atomic mass is 10.1. The van der Waals surface area contributed by atoms with Gasteiger partial charge in [-0.15, -0.1) is 0 Å². The van der Waals surface area contributed by atoms with Crippen molar-refractivity contribution in [3.8, 4) is 0 Å². The summed E-state index contributed by atoms with van der Waals surface area (Å²) in [7, 11) is 3.12. The Morgan fingerprint density at radius 3 is 2.36 bits per heavy atom. The molecule has 0 fully saturated rings. The molecule has 2 aromatic heterocycles. The molecule has 2 heterocycles. The highest BCUT2D eigenvalue weighted by atomic mass is 16.2. The molecule has 25 heavy (non-hydrogen) atoms. The van der Waals surface area contributed by atoms with Crippen LogP contribution in [-0.4, -0.2) is 14.1 Å². The third-order valence-corrected chi connectivity index (χ3v) is 4.59. The summed E-state index contributed by atoms with van der Waals surface area (Å²) in [6.07, 6.45) is 3.34. The standard InChI is InChI=1S/C19H22N4O2/c1-5-12-9-7-8-10-14(12)21-16-13(6-2)11-20-17-15(16)18(24)23(4)19(25)22(17)3/h7-11H,5-6H2,1-4H3,(H,20,21). The summed E-state index contributed by atoms with van der Waals surface area (Å²) in [4.78, 5) is 29.4. The van der Waals surface area contributed by atoms with Crippen LogP contribution in [0.25, 0.3) is 11.0 Å². The molecule has 3 aromatic rings. The average molecular weight is 338 g/mol. The second-order valence-electron chi connectivity index (χ2n) is 6.05. The van der Waals surface area contributed by atoms with Crippen molar-refractivity contribution in [2.75, 3.05) is 5.32 Å². The maximum absolute atomic E-state index is 12.8. The first-order chi connectivity index (χ1) is 12.0. The van der Waals surface area contributed by atoms with Gasteiger partial charge in [0.2, 0.25) is 0 Å². The first kappa shape index (κ1) is 17.0. The van der Waals surface area contributed by atoms with Crippen molar-refractivity contribution in [2.45, 2.75) is 26.7 Å². The Hall–Kier alpha value is -2.89. The summed E-state index contributed by atoms with van der Waals surface area (Å²) in [5.74, 6) is 0. The van der Waals surface area contributed by atoms with Gasteiger partial charge in [0, 0.05) is 26.0 Å². The van der Waals surface area contributed by atoms with Crippen molar-refractivity contribution in [3.63, 3.8) is 0 Å². The monoisotopic (exact) mass is 338 g/mol. The molecule has 0 atom stereocenters. The second kappa shape index (κ2) is 6.55. The lowest BCUT2D eigenvalue weighted by molar-refractivity contribution is 0.707. The number of anilines is 2. The molecular formula is C19H22N4O2. The van der Waals surface area contributed by atoms with E-state index in [0.717, 1.165) is 39.9 Å². The van der Waals surface area contributed by atoms with Gasteiger partial charge in [-0.05, 0) is 30.0 Å². The van der Waals surface area contributed by atoms with Crippen LogP contribution in [0.15, 0.2) is 40.1 Å². The zero-order valence-electron chi connectivity index (χ0n) is 15.0. The van der Waals surface area contributed by atoms with E-state index in [1.54, 1.807) is 13.2 Å². The van der Waals surface area contributed by atoms with Gasteiger partial charge in [0.25, 0.3) is 5.56 Å². The summed E-state index contributed by atoms with van der Waals surface area (Å²) in [6.45, 7) is 4.11. The quantitative estimate of drug-likeness (QED) is 0.793. The van der Waals surface area contributed by atoms with E-state index >= 15 is 0 Å². The lowest BCUT2D eigenvalue weighted by Crippen LogP contribution is -2.37. The van der Waals surface area contributed by atoms with Crippen molar-refractivity contribution >= 4 is 22.4 Å².